The summed E-state index contributed by atoms with van der Waals surface area (Å²) in [7, 11) is 1.74. The Labute approximate surface area is 99.1 Å². The van der Waals surface area contributed by atoms with Crippen LogP contribution in [-0.2, 0) is 7.05 Å². The summed E-state index contributed by atoms with van der Waals surface area (Å²) in [6.07, 6.45) is 1.74. The summed E-state index contributed by atoms with van der Waals surface area (Å²) >= 11 is 5.95. The van der Waals surface area contributed by atoms with E-state index in [-0.39, 0.29) is 5.56 Å². The second kappa shape index (κ2) is 4.14. The van der Waals surface area contributed by atoms with Crippen molar-refractivity contribution in [3.63, 3.8) is 0 Å². The largest absolute Gasteiger partial charge is 0.318 e. The summed E-state index contributed by atoms with van der Waals surface area (Å²) in [5, 5.41) is 0.645. The maximum Gasteiger partial charge on any atom is 0.258 e. The number of rotatable bonds is 1. The van der Waals surface area contributed by atoms with E-state index in [1.165, 1.54) is 0 Å². The number of hydrogen-bond donors (Lipinski definition) is 0. The van der Waals surface area contributed by atoms with E-state index in [0.717, 1.165) is 11.1 Å². The van der Waals surface area contributed by atoms with Crippen molar-refractivity contribution in [1.29, 1.82) is 0 Å². The van der Waals surface area contributed by atoms with E-state index in [1.807, 2.05) is 37.3 Å². The first kappa shape index (κ1) is 11.0. The molecule has 0 saturated heterocycles. The molecule has 2 nitrogen and oxygen atoms in total. The zero-order valence-electron chi connectivity index (χ0n) is 9.20. The van der Waals surface area contributed by atoms with Gasteiger partial charge in [-0.1, -0.05) is 17.7 Å². The van der Waals surface area contributed by atoms with Crippen molar-refractivity contribution < 1.29 is 0 Å². The van der Waals surface area contributed by atoms with E-state index in [0.29, 0.717) is 10.6 Å². The number of hydrogen-bond acceptors (Lipinski definition) is 1. The molecule has 0 amide bonds. The van der Waals surface area contributed by atoms with Crippen molar-refractivity contribution in [2.45, 2.75) is 6.92 Å². The Bertz CT molecular complexity index is 587. The molecule has 0 radical (unpaired) electrons. The molecule has 1 aromatic heterocycles. The van der Waals surface area contributed by atoms with E-state index in [2.05, 4.69) is 0 Å². The molecule has 0 unspecified atom stereocenters. The van der Waals surface area contributed by atoms with Gasteiger partial charge in [0.15, 0.2) is 0 Å². The number of halogens is 1. The van der Waals surface area contributed by atoms with Gasteiger partial charge in [-0.25, -0.2) is 0 Å². The van der Waals surface area contributed by atoms with E-state index < -0.39 is 0 Å². The highest BCUT2D eigenvalue weighted by molar-refractivity contribution is 6.30. The first-order chi connectivity index (χ1) is 7.59. The second-order valence-electron chi connectivity index (χ2n) is 3.80. The van der Waals surface area contributed by atoms with Crippen LogP contribution in [0.3, 0.4) is 0 Å². The zero-order valence-corrected chi connectivity index (χ0v) is 9.95. The molecule has 0 fully saturated rings. The number of benzene rings is 1. The van der Waals surface area contributed by atoms with Crippen LogP contribution in [0.1, 0.15) is 5.56 Å². The smallest absolute Gasteiger partial charge is 0.258 e. The molecule has 0 aliphatic rings. The van der Waals surface area contributed by atoms with Gasteiger partial charge in [0.2, 0.25) is 0 Å². The third kappa shape index (κ3) is 1.89. The number of aromatic nitrogens is 1. The number of pyridine rings is 1. The Hall–Kier alpha value is -1.54. The lowest BCUT2D eigenvalue weighted by atomic mass is 10.0. The fraction of sp³-hybridized carbons (Fsp3) is 0.154. The molecule has 0 bridgehead atoms. The summed E-state index contributed by atoms with van der Waals surface area (Å²) < 4.78 is 1.57. The Balaban J connectivity index is 2.72. The van der Waals surface area contributed by atoms with Crippen molar-refractivity contribution in [1.82, 2.24) is 4.57 Å². The van der Waals surface area contributed by atoms with Crippen molar-refractivity contribution in [2.75, 3.05) is 0 Å². The van der Waals surface area contributed by atoms with Crippen LogP contribution in [0.2, 0.25) is 5.02 Å². The first-order valence-electron chi connectivity index (χ1n) is 5.02. The van der Waals surface area contributed by atoms with Gasteiger partial charge in [-0.2, -0.15) is 0 Å². The van der Waals surface area contributed by atoms with Crippen molar-refractivity contribution in [3.8, 4) is 11.1 Å². The van der Waals surface area contributed by atoms with Gasteiger partial charge in [-0.05, 0) is 42.3 Å². The molecule has 2 aromatic rings. The van der Waals surface area contributed by atoms with Crippen LogP contribution >= 0.6 is 11.6 Å². The SMILES string of the molecule is Cc1ccc(Cl)cc1-c1cccn(C)c1=O. The molecule has 0 saturated carbocycles. The molecule has 3 heteroatoms. The fourth-order valence-corrected chi connectivity index (χ4v) is 1.86. The van der Waals surface area contributed by atoms with Gasteiger partial charge in [0.05, 0.1) is 0 Å². The van der Waals surface area contributed by atoms with Crippen molar-refractivity contribution in [3.05, 3.63) is 57.5 Å². The third-order valence-electron chi connectivity index (χ3n) is 2.61. The van der Waals surface area contributed by atoms with Gasteiger partial charge >= 0.3 is 0 Å². The molecule has 0 spiro atoms. The predicted molar refractivity (Wildman–Crippen MR) is 66.9 cm³/mol. The van der Waals surface area contributed by atoms with Gasteiger partial charge in [-0.3, -0.25) is 4.79 Å². The molecule has 82 valence electrons. The van der Waals surface area contributed by atoms with E-state index in [4.69, 9.17) is 11.6 Å². The molecule has 16 heavy (non-hydrogen) atoms. The Morgan fingerprint density at radius 3 is 2.69 bits per heavy atom. The van der Waals surface area contributed by atoms with Gasteiger partial charge < -0.3 is 4.57 Å². The minimum atomic E-state index is -0.00660. The van der Waals surface area contributed by atoms with Crippen molar-refractivity contribution in [2.24, 2.45) is 7.05 Å². The molecule has 1 heterocycles. The highest BCUT2D eigenvalue weighted by atomic mass is 35.5. The van der Waals surface area contributed by atoms with Crippen LogP contribution in [-0.4, -0.2) is 4.57 Å². The molecule has 2 rings (SSSR count). The highest BCUT2D eigenvalue weighted by Crippen LogP contribution is 2.23. The highest BCUT2D eigenvalue weighted by Gasteiger charge is 2.07. The summed E-state index contributed by atoms with van der Waals surface area (Å²) in [6.45, 7) is 1.97. The zero-order chi connectivity index (χ0) is 11.7. The Morgan fingerprint density at radius 2 is 1.94 bits per heavy atom. The average Bonchev–Trinajstić information content (AvgIpc) is 2.26. The van der Waals surface area contributed by atoms with Crippen LogP contribution in [0.25, 0.3) is 11.1 Å². The second-order valence-corrected chi connectivity index (χ2v) is 4.23. The molecule has 0 atom stereocenters. The Kier molecular flexibility index (Phi) is 2.84. The first-order valence-corrected chi connectivity index (χ1v) is 5.39. The standard InChI is InChI=1S/C13H12ClNO/c1-9-5-6-10(14)8-12(9)11-4-3-7-15(2)13(11)16/h3-8H,1-2H3. The molecular formula is C13H12ClNO. The van der Waals surface area contributed by atoms with E-state index in [1.54, 1.807) is 17.8 Å². The van der Waals surface area contributed by atoms with Gasteiger partial charge in [-0.15, -0.1) is 0 Å². The lowest BCUT2D eigenvalue weighted by Crippen LogP contribution is -2.17. The summed E-state index contributed by atoms with van der Waals surface area (Å²) in [4.78, 5) is 12.0. The summed E-state index contributed by atoms with van der Waals surface area (Å²) in [5.74, 6) is 0. The quantitative estimate of drug-likeness (QED) is 0.742. The van der Waals surface area contributed by atoms with E-state index >= 15 is 0 Å². The van der Waals surface area contributed by atoms with Crippen LogP contribution < -0.4 is 5.56 Å². The average molecular weight is 234 g/mol. The summed E-state index contributed by atoms with van der Waals surface area (Å²) in [6, 6.07) is 9.25. The molecule has 0 aliphatic heterocycles. The van der Waals surface area contributed by atoms with Gasteiger partial charge in [0.25, 0.3) is 5.56 Å². The van der Waals surface area contributed by atoms with Crippen LogP contribution in [0.15, 0.2) is 41.3 Å². The summed E-state index contributed by atoms with van der Waals surface area (Å²) in [5.41, 5.74) is 2.62. The molecule has 0 aliphatic carbocycles. The Morgan fingerprint density at radius 1 is 1.19 bits per heavy atom. The fourth-order valence-electron chi connectivity index (χ4n) is 1.69. The lowest BCUT2D eigenvalue weighted by Gasteiger charge is -2.07. The lowest BCUT2D eigenvalue weighted by molar-refractivity contribution is 0.863. The van der Waals surface area contributed by atoms with Crippen LogP contribution in [0.4, 0.5) is 0 Å². The normalized spacial score (nSPS) is 10.4. The van der Waals surface area contributed by atoms with Gasteiger partial charge in [0.1, 0.15) is 0 Å². The number of nitrogens with zero attached hydrogens (tertiary/aromatic N) is 1. The maximum absolute atomic E-state index is 12.0. The van der Waals surface area contributed by atoms with Crippen LogP contribution in [0.5, 0.6) is 0 Å². The van der Waals surface area contributed by atoms with E-state index in [9.17, 15) is 4.79 Å². The molecule has 0 N–H and O–H groups in total. The van der Waals surface area contributed by atoms with Crippen molar-refractivity contribution >= 4 is 11.6 Å². The number of aryl methyl sites for hydroxylation is 2. The molecular weight excluding hydrogens is 222 g/mol. The topological polar surface area (TPSA) is 22.0 Å². The maximum atomic E-state index is 12.0. The predicted octanol–water partition coefficient (Wildman–Crippen LogP) is 3.01. The monoisotopic (exact) mass is 233 g/mol. The third-order valence-corrected chi connectivity index (χ3v) is 2.85. The van der Waals surface area contributed by atoms with Gasteiger partial charge in [0, 0.05) is 23.8 Å². The molecule has 1 aromatic carbocycles. The van der Waals surface area contributed by atoms with Crippen LogP contribution in [0, 0.1) is 6.92 Å². The minimum absolute atomic E-state index is 0.00660. The minimum Gasteiger partial charge on any atom is -0.318 e.